The van der Waals surface area contributed by atoms with Crippen molar-refractivity contribution in [2.24, 2.45) is 5.73 Å². The summed E-state index contributed by atoms with van der Waals surface area (Å²) in [7, 11) is 0. The third kappa shape index (κ3) is 34.5. The number of carboxylic acid groups (broad SMARTS) is 5. The first kappa shape index (κ1) is 79.8. The van der Waals surface area contributed by atoms with Crippen molar-refractivity contribution in [1.82, 2.24) is 81.2 Å². The molecule has 1 fully saturated rings. The number of rotatable bonds is 45. The number of carbonyl (C=O) groups excluding carboxylic acids is 8. The minimum atomic E-state index is -1.65. The van der Waals surface area contributed by atoms with Gasteiger partial charge in [0, 0.05) is 155 Å². The van der Waals surface area contributed by atoms with Gasteiger partial charge in [-0.2, -0.15) is 0 Å². The molecule has 8 amide bonds. The molecule has 5 atom stereocenters. The Labute approximate surface area is 559 Å². The molecule has 36 heteroatoms. The molecular formula is C61H93N17O19. The van der Waals surface area contributed by atoms with Crippen LogP contribution in [0.5, 0.6) is 5.75 Å². The molecule has 0 spiro atoms. The van der Waals surface area contributed by atoms with Gasteiger partial charge >= 0.3 is 29.8 Å². The molecule has 1 aromatic carbocycles. The van der Waals surface area contributed by atoms with E-state index in [0.717, 1.165) is 0 Å². The average molecular weight is 1370 g/mol. The second kappa shape index (κ2) is 44.2. The monoisotopic (exact) mass is 1370 g/mol. The van der Waals surface area contributed by atoms with Gasteiger partial charge in [-0.25, -0.2) is 9.97 Å². The Kier molecular flexibility index (Phi) is 36.3. The van der Waals surface area contributed by atoms with E-state index in [4.69, 9.17) is 5.73 Å². The molecule has 1 saturated heterocycles. The summed E-state index contributed by atoms with van der Waals surface area (Å²) in [5.74, 6) is -11.9. The van der Waals surface area contributed by atoms with E-state index in [1.165, 1.54) is 43.9 Å². The van der Waals surface area contributed by atoms with Crippen LogP contribution in [0.1, 0.15) is 82.6 Å². The number of carboxylic acids is 5. The van der Waals surface area contributed by atoms with Crippen molar-refractivity contribution in [3.05, 3.63) is 67.3 Å². The number of phenolic OH excluding ortho intramolecular Hbond substituents is 1. The average Bonchev–Trinajstić information content (AvgIpc) is 1.83. The summed E-state index contributed by atoms with van der Waals surface area (Å²) < 4.78 is 3.54. The Balaban J connectivity index is 1.57. The van der Waals surface area contributed by atoms with Gasteiger partial charge in [0.05, 0.1) is 44.9 Å². The van der Waals surface area contributed by atoms with Crippen molar-refractivity contribution in [3.63, 3.8) is 0 Å². The lowest BCUT2D eigenvalue weighted by Gasteiger charge is -2.38. The largest absolute Gasteiger partial charge is 0.508 e. The van der Waals surface area contributed by atoms with Crippen LogP contribution < -0.4 is 48.3 Å². The number of hydrogen-bond acceptors (Lipinski definition) is 21. The van der Waals surface area contributed by atoms with Crippen molar-refractivity contribution in [3.8, 4) is 5.75 Å². The molecule has 4 rings (SSSR count). The highest BCUT2D eigenvalue weighted by Crippen LogP contribution is 2.15. The van der Waals surface area contributed by atoms with Gasteiger partial charge in [0.2, 0.25) is 47.3 Å². The van der Waals surface area contributed by atoms with Crippen molar-refractivity contribution < 1.29 is 93.0 Å². The quantitative estimate of drug-likeness (QED) is 0.0239. The number of hydrogen-bond donors (Lipinski definition) is 15. The third-order valence-electron chi connectivity index (χ3n) is 15.6. The smallest absolute Gasteiger partial charge is 0.317 e. The summed E-state index contributed by atoms with van der Waals surface area (Å²) in [6, 6.07) is -1.14. The van der Waals surface area contributed by atoms with Crippen LogP contribution in [-0.4, -0.2) is 281 Å². The third-order valence-corrected chi connectivity index (χ3v) is 15.6. The summed E-state index contributed by atoms with van der Waals surface area (Å²) in [5.41, 5.74) is 6.17. The number of amides is 8. The molecule has 1 unspecified atom stereocenters. The van der Waals surface area contributed by atoms with E-state index >= 15 is 0 Å². The lowest BCUT2D eigenvalue weighted by molar-refractivity contribution is -0.142. The molecule has 2 aromatic heterocycles. The van der Waals surface area contributed by atoms with E-state index in [2.05, 4.69) is 52.5 Å². The van der Waals surface area contributed by atoms with E-state index in [0.29, 0.717) is 38.2 Å². The van der Waals surface area contributed by atoms with Crippen LogP contribution in [0.3, 0.4) is 0 Å². The van der Waals surface area contributed by atoms with E-state index in [-0.39, 0.29) is 147 Å². The summed E-state index contributed by atoms with van der Waals surface area (Å²) in [6.45, 7) is -0.954. The zero-order chi connectivity index (χ0) is 71.1. The number of aromatic nitrogens is 4. The normalized spacial score (nSPS) is 15.5. The van der Waals surface area contributed by atoms with Crippen LogP contribution in [0.15, 0.2) is 61.7 Å². The first-order valence-corrected chi connectivity index (χ1v) is 32.0. The maximum atomic E-state index is 15.0. The number of nitrogens with zero attached hydrogens (tertiary/aromatic N) is 8. The van der Waals surface area contributed by atoms with Gasteiger partial charge in [-0.15, -0.1) is 0 Å². The van der Waals surface area contributed by atoms with Crippen LogP contribution in [0, 0.1) is 0 Å². The predicted molar refractivity (Wildman–Crippen MR) is 343 cm³/mol. The van der Waals surface area contributed by atoms with Gasteiger partial charge in [-0.05, 0) is 69.1 Å². The van der Waals surface area contributed by atoms with Gasteiger partial charge in [-0.3, -0.25) is 81.9 Å². The van der Waals surface area contributed by atoms with Gasteiger partial charge in [0.15, 0.2) is 0 Å². The first-order valence-electron chi connectivity index (χ1n) is 32.0. The van der Waals surface area contributed by atoms with Crippen molar-refractivity contribution in [1.29, 1.82) is 0 Å². The summed E-state index contributed by atoms with van der Waals surface area (Å²) in [4.78, 5) is 181. The summed E-state index contributed by atoms with van der Waals surface area (Å²) >= 11 is 0. The number of benzene rings is 1. The Hall–Kier alpha value is -9.65. The predicted octanol–water partition coefficient (Wildman–Crippen LogP) is -4.21. The SMILES string of the molecule is NC(=O)[C@@H](CCCCNC(=O)CCC(=O)NCCn1ccnc1)NC(=O)[C@@H](CCC(=O)O)NC(=O)[C@@H](CCCCNC(=O)CCC(=O)NCCn1ccnc1)NC(=O)[C@@H](Cc1ccc(O)cc1)NCC1CN(CC(=O)O)CCN(CC(=O)O)CCN(CC(=O)O)CCN1CC(=O)O. The number of primary amides is 1. The Morgan fingerprint density at radius 3 is 1.33 bits per heavy atom. The van der Waals surface area contributed by atoms with Crippen molar-refractivity contribution in [2.75, 3.05) is 105 Å². The Bertz CT molecular complexity index is 3010. The topological polar surface area (TPSA) is 514 Å². The second-order valence-electron chi connectivity index (χ2n) is 23.3. The fourth-order valence-electron chi connectivity index (χ4n) is 10.4. The zero-order valence-electron chi connectivity index (χ0n) is 54.2. The molecule has 1 aliphatic heterocycles. The highest BCUT2D eigenvalue weighted by Gasteiger charge is 2.33. The van der Waals surface area contributed by atoms with E-state index < -0.39 is 135 Å². The zero-order valence-corrected chi connectivity index (χ0v) is 54.2. The molecule has 3 aromatic rings. The highest BCUT2D eigenvalue weighted by molar-refractivity contribution is 5.95. The van der Waals surface area contributed by atoms with Gasteiger partial charge in [0.1, 0.15) is 23.9 Å². The molecule has 0 aliphatic carbocycles. The fourth-order valence-corrected chi connectivity index (χ4v) is 10.4. The van der Waals surface area contributed by atoms with Crippen LogP contribution in [0.25, 0.3) is 0 Å². The number of carbonyl (C=O) groups is 13. The van der Waals surface area contributed by atoms with Crippen molar-refractivity contribution >= 4 is 77.1 Å². The summed E-state index contributed by atoms with van der Waals surface area (Å²) in [6.07, 6.45) is 8.66. The molecule has 16 N–H and O–H groups in total. The van der Waals surface area contributed by atoms with E-state index in [1.807, 2.05) is 0 Å². The number of unbranched alkanes of at least 4 members (excludes halogenated alkanes) is 2. The maximum Gasteiger partial charge on any atom is 0.317 e. The first-order chi connectivity index (χ1) is 46.3. The molecule has 536 valence electrons. The maximum absolute atomic E-state index is 15.0. The van der Waals surface area contributed by atoms with Crippen LogP contribution in [-0.2, 0) is 81.8 Å². The fraction of sp³-hybridized carbons (Fsp3) is 0.590. The molecule has 36 nitrogen and oxygen atoms in total. The molecular weight excluding hydrogens is 1270 g/mol. The number of aromatic hydroxyl groups is 1. The summed E-state index contributed by atoms with van der Waals surface area (Å²) in [5, 5.41) is 81.5. The second-order valence-corrected chi connectivity index (χ2v) is 23.3. The lowest BCUT2D eigenvalue weighted by Crippen LogP contribution is -2.59. The standard InChI is InChI=1S/C61H93N17O19/c62-58(94)45(5-1-3-17-65-49(80)12-14-51(82)67-21-25-75-23-19-63-40-75)70-60(96)47(11-16-53(84)85)72-59(95)46(6-2-4-18-66-50(81)13-15-52(83)68-22-26-76-24-20-64-41-76)71-61(97)48(33-42-7-9-44(79)10-8-42)69-34-43-35-77(38-56(90)91)30-29-73(36-54(86)87)27-28-74(37-55(88)89)31-32-78(43)39-57(92)93/h7-10,19-20,23-24,40-41,43,45-48,69,79H,1-6,11-18,21-22,25-39H2,(H2,62,94)(H,65,80)(H,66,81)(H,67,82)(H,68,83)(H,70,96)(H,71,97)(H,72,95)(H,84,85)(H,86,87)(H,88,89)(H,90,91)(H,92,93)/t43?,45-,46-,47-,48-/m1/s1. The molecule has 97 heavy (non-hydrogen) atoms. The molecule has 0 saturated carbocycles. The molecule has 1 aliphatic rings. The minimum absolute atomic E-state index is 0.00222. The Morgan fingerprint density at radius 1 is 0.474 bits per heavy atom. The van der Waals surface area contributed by atoms with Gasteiger partial charge < -0.3 is 88.0 Å². The number of nitrogens with two attached hydrogens (primary N) is 1. The van der Waals surface area contributed by atoms with Gasteiger partial charge in [0.25, 0.3) is 0 Å². The van der Waals surface area contributed by atoms with E-state index in [9.17, 15) is 93.0 Å². The van der Waals surface area contributed by atoms with Crippen molar-refractivity contribution in [2.45, 2.75) is 127 Å². The molecule has 0 radical (unpaired) electrons. The Morgan fingerprint density at radius 2 is 0.887 bits per heavy atom. The van der Waals surface area contributed by atoms with Crippen LogP contribution in [0.2, 0.25) is 0 Å². The van der Waals surface area contributed by atoms with E-state index in [1.54, 1.807) is 46.6 Å². The van der Waals surface area contributed by atoms with Gasteiger partial charge in [-0.1, -0.05) is 12.1 Å². The number of nitrogens with one attached hydrogen (secondary N) is 8. The molecule has 0 bridgehead atoms. The lowest BCUT2D eigenvalue weighted by atomic mass is 10.0. The minimum Gasteiger partial charge on any atom is -0.508 e. The molecule has 3 heterocycles. The number of aliphatic carboxylic acids is 5. The number of imidazole rings is 2. The van der Waals surface area contributed by atoms with Crippen LogP contribution in [0.4, 0.5) is 0 Å². The number of phenols is 1. The highest BCUT2D eigenvalue weighted by atomic mass is 16.4. The van der Waals surface area contributed by atoms with Crippen LogP contribution >= 0.6 is 0 Å².